The molecule has 6 heteroatoms. The molecule has 0 saturated carbocycles. The first-order valence-corrected chi connectivity index (χ1v) is 9.05. The number of hydrogen-bond donors (Lipinski definition) is 2. The maximum atomic E-state index is 4.53. The number of nitrogens with zero attached hydrogens (tertiary/aromatic N) is 4. The van der Waals surface area contributed by atoms with Crippen molar-refractivity contribution in [2.24, 2.45) is 0 Å². The van der Waals surface area contributed by atoms with Crippen molar-refractivity contribution in [2.75, 3.05) is 23.3 Å². The Morgan fingerprint density at radius 1 is 0.963 bits per heavy atom. The first-order valence-electron chi connectivity index (χ1n) is 9.05. The van der Waals surface area contributed by atoms with Crippen molar-refractivity contribution in [3.05, 3.63) is 78.2 Å². The van der Waals surface area contributed by atoms with Crippen molar-refractivity contribution in [1.29, 1.82) is 0 Å². The molecule has 0 spiro atoms. The van der Waals surface area contributed by atoms with E-state index in [0.717, 1.165) is 47.9 Å². The van der Waals surface area contributed by atoms with Crippen molar-refractivity contribution in [1.82, 2.24) is 20.2 Å². The number of pyridine rings is 2. The molecule has 0 saturated heterocycles. The molecule has 0 bridgehead atoms. The molecule has 3 aromatic heterocycles. The van der Waals surface area contributed by atoms with E-state index in [4.69, 9.17) is 0 Å². The van der Waals surface area contributed by atoms with Crippen LogP contribution in [0.25, 0.3) is 11.0 Å². The van der Waals surface area contributed by atoms with Crippen LogP contribution in [-0.2, 0) is 6.54 Å². The number of fused-ring (bicyclic) bond motifs is 1. The number of anilines is 2. The van der Waals surface area contributed by atoms with E-state index < -0.39 is 0 Å². The highest BCUT2D eigenvalue weighted by Crippen LogP contribution is 2.22. The van der Waals surface area contributed by atoms with Crippen molar-refractivity contribution >= 4 is 22.5 Å². The minimum Gasteiger partial charge on any atom is -0.383 e. The van der Waals surface area contributed by atoms with Gasteiger partial charge in [0.25, 0.3) is 0 Å². The summed E-state index contributed by atoms with van der Waals surface area (Å²) in [6, 6.07) is 18.5. The van der Waals surface area contributed by atoms with Crippen LogP contribution in [0.4, 0.5) is 11.5 Å². The predicted molar refractivity (Wildman–Crippen MR) is 109 cm³/mol. The van der Waals surface area contributed by atoms with Crippen LogP contribution in [0.3, 0.4) is 0 Å². The van der Waals surface area contributed by atoms with E-state index in [1.54, 1.807) is 6.20 Å². The lowest BCUT2D eigenvalue weighted by molar-refractivity contribution is 0.790. The van der Waals surface area contributed by atoms with Crippen molar-refractivity contribution in [3.8, 4) is 0 Å². The van der Waals surface area contributed by atoms with E-state index in [-0.39, 0.29) is 0 Å². The van der Waals surface area contributed by atoms with Gasteiger partial charge >= 0.3 is 0 Å². The van der Waals surface area contributed by atoms with Crippen LogP contribution in [0.1, 0.15) is 11.3 Å². The molecule has 0 atom stereocenters. The van der Waals surface area contributed by atoms with E-state index in [2.05, 4.69) is 54.6 Å². The Kier molecular flexibility index (Phi) is 4.96. The summed E-state index contributed by atoms with van der Waals surface area (Å²) in [6.45, 7) is 4.44. The zero-order valence-corrected chi connectivity index (χ0v) is 15.3. The van der Waals surface area contributed by atoms with E-state index in [0.29, 0.717) is 0 Å². The highest BCUT2D eigenvalue weighted by molar-refractivity contribution is 5.90. The highest BCUT2D eigenvalue weighted by Gasteiger charge is 2.10. The molecule has 0 radical (unpaired) electrons. The first kappa shape index (κ1) is 17.0. The van der Waals surface area contributed by atoms with E-state index in [1.807, 2.05) is 43.5 Å². The third-order valence-electron chi connectivity index (χ3n) is 4.52. The second kappa shape index (κ2) is 7.86. The molecule has 0 aliphatic carbocycles. The Labute approximate surface area is 158 Å². The molecule has 4 rings (SSSR count). The molecule has 6 nitrogen and oxygen atoms in total. The summed E-state index contributed by atoms with van der Waals surface area (Å²) in [5.41, 5.74) is 4.07. The molecule has 0 fully saturated rings. The Bertz CT molecular complexity index is 997. The highest BCUT2D eigenvalue weighted by atomic mass is 15.2. The van der Waals surface area contributed by atoms with Crippen molar-refractivity contribution in [2.45, 2.75) is 13.5 Å². The number of H-pyrrole nitrogens is 1. The van der Waals surface area contributed by atoms with Gasteiger partial charge in [0.05, 0.1) is 5.39 Å². The summed E-state index contributed by atoms with van der Waals surface area (Å²) in [6.07, 6.45) is 3.62. The summed E-state index contributed by atoms with van der Waals surface area (Å²) < 4.78 is 0. The zero-order valence-electron chi connectivity index (χ0n) is 15.3. The maximum Gasteiger partial charge on any atom is 0.183 e. The fourth-order valence-corrected chi connectivity index (χ4v) is 3.19. The molecule has 136 valence electrons. The first-order chi connectivity index (χ1) is 13.3. The Hall–Kier alpha value is -3.41. The summed E-state index contributed by atoms with van der Waals surface area (Å²) in [5, 5.41) is 11.8. The number of aromatic amines is 1. The SMILES string of the molecule is Cc1[nH]nc2nccc(NCCN(Cc3ccccc3)c3ccccn3)c12. The van der Waals surface area contributed by atoms with Gasteiger partial charge in [-0.1, -0.05) is 36.4 Å². The molecule has 4 aromatic rings. The van der Waals surface area contributed by atoms with Crippen LogP contribution in [-0.4, -0.2) is 33.3 Å². The monoisotopic (exact) mass is 358 g/mol. The molecule has 27 heavy (non-hydrogen) atoms. The average molecular weight is 358 g/mol. The molecular weight excluding hydrogens is 336 g/mol. The molecule has 0 amide bonds. The van der Waals surface area contributed by atoms with Gasteiger partial charge in [-0.2, -0.15) is 5.10 Å². The molecule has 0 aliphatic rings. The number of nitrogens with one attached hydrogen (secondary N) is 2. The summed E-state index contributed by atoms with van der Waals surface area (Å²) in [7, 11) is 0. The molecule has 1 aromatic carbocycles. The average Bonchev–Trinajstić information content (AvgIpc) is 3.10. The Balaban J connectivity index is 1.49. The molecule has 3 heterocycles. The summed E-state index contributed by atoms with van der Waals surface area (Å²) >= 11 is 0. The number of hydrogen-bond acceptors (Lipinski definition) is 5. The van der Waals surface area contributed by atoms with Gasteiger partial charge in [0.1, 0.15) is 5.82 Å². The Morgan fingerprint density at radius 3 is 2.63 bits per heavy atom. The third-order valence-corrected chi connectivity index (χ3v) is 4.52. The van der Waals surface area contributed by atoms with Crippen LogP contribution in [0, 0.1) is 6.92 Å². The van der Waals surface area contributed by atoms with Gasteiger partial charge < -0.3 is 10.2 Å². The van der Waals surface area contributed by atoms with Gasteiger partial charge in [-0.05, 0) is 30.7 Å². The standard InChI is InChI=1S/C21H22N6/c1-16-20-18(10-12-24-21(20)26-25-16)22-13-14-27(19-9-5-6-11-23-19)15-17-7-3-2-4-8-17/h2-12H,13-15H2,1H3,(H2,22,24,25,26). The fourth-order valence-electron chi connectivity index (χ4n) is 3.19. The van der Waals surface area contributed by atoms with Gasteiger partial charge in [0, 0.05) is 43.4 Å². The van der Waals surface area contributed by atoms with Gasteiger partial charge in [0.15, 0.2) is 5.65 Å². The minimum absolute atomic E-state index is 0.739. The second-order valence-corrected chi connectivity index (χ2v) is 6.43. The molecule has 0 aliphatic heterocycles. The molecule has 0 unspecified atom stereocenters. The Morgan fingerprint density at radius 2 is 1.81 bits per heavy atom. The molecule has 2 N–H and O–H groups in total. The second-order valence-electron chi connectivity index (χ2n) is 6.43. The number of benzene rings is 1. The predicted octanol–water partition coefficient (Wildman–Crippen LogP) is 3.78. The lowest BCUT2D eigenvalue weighted by Gasteiger charge is -2.24. The smallest absolute Gasteiger partial charge is 0.183 e. The number of aryl methyl sites for hydroxylation is 1. The lowest BCUT2D eigenvalue weighted by atomic mass is 10.2. The van der Waals surface area contributed by atoms with Crippen LogP contribution >= 0.6 is 0 Å². The van der Waals surface area contributed by atoms with E-state index in [9.17, 15) is 0 Å². The third kappa shape index (κ3) is 3.89. The van der Waals surface area contributed by atoms with Gasteiger partial charge in [-0.25, -0.2) is 9.97 Å². The summed E-state index contributed by atoms with van der Waals surface area (Å²) in [4.78, 5) is 11.1. The quantitative estimate of drug-likeness (QED) is 0.526. The normalized spacial score (nSPS) is 10.9. The zero-order chi connectivity index (χ0) is 18.5. The lowest BCUT2D eigenvalue weighted by Crippen LogP contribution is -2.29. The van der Waals surface area contributed by atoms with Crippen LogP contribution in [0.15, 0.2) is 67.0 Å². The largest absolute Gasteiger partial charge is 0.383 e. The van der Waals surface area contributed by atoms with Crippen molar-refractivity contribution < 1.29 is 0 Å². The topological polar surface area (TPSA) is 69.7 Å². The minimum atomic E-state index is 0.739. The van der Waals surface area contributed by atoms with Crippen LogP contribution in [0.2, 0.25) is 0 Å². The van der Waals surface area contributed by atoms with Crippen LogP contribution in [0.5, 0.6) is 0 Å². The van der Waals surface area contributed by atoms with Gasteiger partial charge in [-0.3, -0.25) is 5.10 Å². The van der Waals surface area contributed by atoms with Gasteiger partial charge in [-0.15, -0.1) is 0 Å². The van der Waals surface area contributed by atoms with Crippen LogP contribution < -0.4 is 10.2 Å². The van der Waals surface area contributed by atoms with E-state index >= 15 is 0 Å². The van der Waals surface area contributed by atoms with E-state index in [1.165, 1.54) is 5.56 Å². The number of rotatable bonds is 7. The summed E-state index contributed by atoms with van der Waals surface area (Å²) in [5.74, 6) is 0.975. The number of aromatic nitrogens is 4. The maximum absolute atomic E-state index is 4.53. The van der Waals surface area contributed by atoms with Crippen molar-refractivity contribution in [3.63, 3.8) is 0 Å². The molecular formula is C21H22N6. The fraction of sp³-hybridized carbons (Fsp3) is 0.190. The van der Waals surface area contributed by atoms with Gasteiger partial charge in [0.2, 0.25) is 0 Å².